The van der Waals surface area contributed by atoms with Crippen LogP contribution >= 0.6 is 0 Å². The van der Waals surface area contributed by atoms with E-state index in [0.29, 0.717) is 13.2 Å². The van der Waals surface area contributed by atoms with Crippen LogP contribution in [0.25, 0.3) is 54.2 Å². The fourth-order valence-corrected chi connectivity index (χ4v) is 7.62. The lowest BCUT2D eigenvalue weighted by Crippen LogP contribution is -2.44. The Labute approximate surface area is 296 Å². The summed E-state index contributed by atoms with van der Waals surface area (Å²) >= 11 is 0. The largest absolute Gasteiger partial charge is 0.492 e. The van der Waals surface area contributed by atoms with Gasteiger partial charge in [0, 0.05) is 32.4 Å². The smallest absolute Gasteiger partial charge is 0.135 e. The third-order valence-electron chi connectivity index (χ3n) is 10.9. The predicted octanol–water partition coefficient (Wildman–Crippen LogP) is 11.4. The molecule has 0 bridgehead atoms. The Morgan fingerprint density at radius 3 is 1.14 bits per heavy atom. The molecule has 0 amide bonds. The lowest BCUT2D eigenvalue weighted by atomic mass is 9.80. The van der Waals surface area contributed by atoms with Gasteiger partial charge in [-0.25, -0.2) is 0 Å². The highest BCUT2D eigenvalue weighted by Crippen LogP contribution is 2.51. The Morgan fingerprint density at radius 1 is 0.480 bits per heavy atom. The quantitative estimate of drug-likeness (QED) is 0.159. The van der Waals surface area contributed by atoms with E-state index in [1.54, 1.807) is 0 Å². The van der Waals surface area contributed by atoms with Crippen molar-refractivity contribution >= 4 is 43.1 Å². The molecule has 0 spiro atoms. The van der Waals surface area contributed by atoms with Gasteiger partial charge in [0.1, 0.15) is 11.5 Å². The van der Waals surface area contributed by atoms with Crippen molar-refractivity contribution < 1.29 is 18.9 Å². The molecule has 2 fully saturated rings. The van der Waals surface area contributed by atoms with Crippen LogP contribution in [-0.2, 0) is 20.3 Å². The number of fused-ring (bicyclic) bond motifs is 4. The predicted molar refractivity (Wildman–Crippen MR) is 208 cm³/mol. The number of benzene rings is 6. The Morgan fingerprint density at radius 2 is 0.820 bits per heavy atom. The van der Waals surface area contributed by atoms with E-state index in [-0.39, 0.29) is 21.7 Å². The van der Waals surface area contributed by atoms with Gasteiger partial charge in [0.15, 0.2) is 0 Å². The first-order valence-corrected chi connectivity index (χ1v) is 18.1. The van der Waals surface area contributed by atoms with Gasteiger partial charge in [-0.3, -0.25) is 0 Å². The molecule has 0 N–H and O–H groups in total. The normalized spacial score (nSPS) is 17.2. The summed E-state index contributed by atoms with van der Waals surface area (Å²) in [4.78, 5) is 0. The van der Waals surface area contributed by atoms with Gasteiger partial charge in [0.2, 0.25) is 0 Å². The summed E-state index contributed by atoms with van der Waals surface area (Å²) < 4.78 is 25.1. The molecule has 0 radical (unpaired) electrons. The van der Waals surface area contributed by atoms with Crippen molar-refractivity contribution in [3.8, 4) is 22.6 Å². The summed E-state index contributed by atoms with van der Waals surface area (Å²) in [7, 11) is 0. The van der Waals surface area contributed by atoms with Gasteiger partial charge in [-0.05, 0) is 66.8 Å². The van der Waals surface area contributed by atoms with E-state index in [1.165, 1.54) is 43.8 Å². The van der Waals surface area contributed by atoms with E-state index in [9.17, 15) is 0 Å². The van der Waals surface area contributed by atoms with Gasteiger partial charge in [-0.15, -0.1) is 0 Å². The molecule has 6 aromatic carbocycles. The van der Waals surface area contributed by atoms with Crippen LogP contribution in [0.2, 0.25) is 0 Å². The van der Waals surface area contributed by atoms with E-state index < -0.39 is 0 Å². The summed E-state index contributed by atoms with van der Waals surface area (Å²) in [5, 5.41) is 9.33. The Kier molecular flexibility index (Phi) is 7.74. The molecule has 2 saturated heterocycles. The van der Waals surface area contributed by atoms with E-state index in [2.05, 4.69) is 140 Å². The van der Waals surface area contributed by atoms with Gasteiger partial charge in [0.25, 0.3) is 0 Å². The van der Waals surface area contributed by atoms with Crippen LogP contribution in [0.15, 0.2) is 84.9 Å². The van der Waals surface area contributed by atoms with Crippen LogP contribution in [0.4, 0.5) is 0 Å². The fraction of sp³-hybridized carbons (Fsp3) is 0.391. The monoisotopic (exact) mass is 666 g/mol. The van der Waals surface area contributed by atoms with Crippen molar-refractivity contribution in [2.45, 2.75) is 66.2 Å². The van der Waals surface area contributed by atoms with Crippen LogP contribution < -0.4 is 9.47 Å². The van der Waals surface area contributed by atoms with E-state index >= 15 is 0 Å². The first-order chi connectivity index (χ1) is 23.7. The molecule has 8 rings (SSSR count). The van der Waals surface area contributed by atoms with Gasteiger partial charge in [-0.1, -0.05) is 128 Å². The second-order valence-electron chi connectivity index (χ2n) is 17.7. The molecule has 4 nitrogen and oxygen atoms in total. The molecule has 50 heavy (non-hydrogen) atoms. The van der Waals surface area contributed by atoms with E-state index in [4.69, 9.17) is 18.9 Å². The summed E-state index contributed by atoms with van der Waals surface area (Å²) in [5.41, 5.74) is 5.04. The standard InChI is InChI=1S/C46H50O4/c1-43(2,3)29-17-19-33-37(21-29)41(49-27-45(7)23-47-24-45)35-15-11-9-13-31(35)39(33)40-32-14-10-12-16-36(32)42(50-28-46(8)25-48-26-46)38-22-30(44(4,5)6)18-20-34(38)40/h9-22H,23-28H2,1-8H3. The zero-order valence-corrected chi connectivity index (χ0v) is 31.0. The Balaban J connectivity index is 1.48. The maximum absolute atomic E-state index is 6.92. The van der Waals surface area contributed by atoms with Crippen LogP contribution in [0, 0.1) is 10.8 Å². The van der Waals surface area contributed by atoms with Crippen molar-refractivity contribution in [1.82, 2.24) is 0 Å². The molecular formula is C46H50O4. The highest BCUT2D eigenvalue weighted by molar-refractivity contribution is 6.26. The summed E-state index contributed by atoms with van der Waals surface area (Å²) in [6.45, 7) is 22.3. The molecule has 0 saturated carbocycles. The zero-order valence-electron chi connectivity index (χ0n) is 31.0. The fourth-order valence-electron chi connectivity index (χ4n) is 7.62. The van der Waals surface area contributed by atoms with Gasteiger partial charge >= 0.3 is 0 Å². The van der Waals surface area contributed by atoms with Crippen molar-refractivity contribution in [2.75, 3.05) is 39.6 Å². The lowest BCUT2D eigenvalue weighted by molar-refractivity contribution is -0.120. The molecule has 258 valence electrons. The van der Waals surface area contributed by atoms with Crippen LogP contribution in [0.3, 0.4) is 0 Å². The highest BCUT2D eigenvalue weighted by Gasteiger charge is 2.36. The van der Waals surface area contributed by atoms with E-state index in [1.807, 2.05) is 0 Å². The Bertz CT molecular complexity index is 2110. The minimum Gasteiger partial charge on any atom is -0.492 e. The molecule has 6 aromatic rings. The van der Waals surface area contributed by atoms with Gasteiger partial charge in [-0.2, -0.15) is 0 Å². The molecule has 0 atom stereocenters. The third kappa shape index (κ3) is 5.61. The molecular weight excluding hydrogens is 617 g/mol. The second kappa shape index (κ2) is 11.7. The number of hydrogen-bond donors (Lipinski definition) is 0. The Hall–Kier alpha value is -4.12. The highest BCUT2D eigenvalue weighted by atomic mass is 16.5. The number of ether oxygens (including phenoxy) is 4. The van der Waals surface area contributed by atoms with Gasteiger partial charge < -0.3 is 18.9 Å². The molecule has 2 aliphatic heterocycles. The van der Waals surface area contributed by atoms with Crippen LogP contribution in [-0.4, -0.2) is 39.6 Å². The maximum atomic E-state index is 6.92. The third-order valence-corrected chi connectivity index (χ3v) is 10.9. The topological polar surface area (TPSA) is 36.9 Å². The van der Waals surface area contributed by atoms with E-state index in [0.717, 1.165) is 59.5 Å². The second-order valence-corrected chi connectivity index (χ2v) is 17.7. The molecule has 2 aliphatic rings. The lowest BCUT2D eigenvalue weighted by Gasteiger charge is -2.38. The SMILES string of the molecule is CC1(COc2c3ccccc3c(-c3c4ccccc4c(OCC4(C)COC4)c4cc(C(C)(C)C)ccc34)c3ccc(C(C)(C)C)cc23)COC1. The summed E-state index contributed by atoms with van der Waals surface area (Å²) in [5.74, 6) is 1.91. The van der Waals surface area contributed by atoms with Crippen molar-refractivity contribution in [1.29, 1.82) is 0 Å². The first-order valence-electron chi connectivity index (χ1n) is 18.1. The molecule has 4 heteroatoms. The molecule has 2 heterocycles. The summed E-state index contributed by atoms with van der Waals surface area (Å²) in [6.07, 6.45) is 0. The van der Waals surface area contributed by atoms with Crippen molar-refractivity contribution in [2.24, 2.45) is 10.8 Å². The average Bonchev–Trinajstić information content (AvgIpc) is 3.06. The van der Waals surface area contributed by atoms with Crippen molar-refractivity contribution in [3.63, 3.8) is 0 Å². The number of rotatable bonds is 7. The minimum atomic E-state index is -0.0189. The first kappa shape index (κ1) is 33.0. The minimum absolute atomic E-state index is 0.0173. The average molecular weight is 667 g/mol. The summed E-state index contributed by atoms with van der Waals surface area (Å²) in [6, 6.07) is 31.7. The zero-order chi connectivity index (χ0) is 35.1. The number of hydrogen-bond acceptors (Lipinski definition) is 4. The van der Waals surface area contributed by atoms with Crippen molar-refractivity contribution in [3.05, 3.63) is 96.1 Å². The molecule has 0 aromatic heterocycles. The maximum Gasteiger partial charge on any atom is 0.135 e. The van der Waals surface area contributed by atoms with Crippen LogP contribution in [0.1, 0.15) is 66.5 Å². The van der Waals surface area contributed by atoms with Crippen LogP contribution in [0.5, 0.6) is 11.5 Å². The molecule has 0 aliphatic carbocycles. The van der Waals surface area contributed by atoms with Gasteiger partial charge in [0.05, 0.1) is 39.6 Å². The molecule has 0 unspecified atom stereocenters.